The Morgan fingerprint density at radius 1 is 1.22 bits per heavy atom. The molecule has 11 heteroatoms. The average molecular weight is 528 g/mol. The summed E-state index contributed by atoms with van der Waals surface area (Å²) in [6.45, 7) is 9.76. The smallest absolute Gasteiger partial charge is 0.264 e. The Morgan fingerprint density at radius 3 is 2.51 bits per heavy atom. The molecule has 1 aliphatic rings. The zero-order valence-electron chi connectivity index (χ0n) is 21.8. The number of rotatable bonds is 8. The molecular formula is C26H34FN7O2S. The fourth-order valence-corrected chi connectivity index (χ4v) is 6.29. The van der Waals surface area contributed by atoms with Crippen LogP contribution in [0, 0.1) is 24.1 Å². The van der Waals surface area contributed by atoms with Crippen molar-refractivity contribution in [3.05, 3.63) is 65.1 Å². The lowest BCUT2D eigenvalue weighted by atomic mass is 9.93. The second-order valence-electron chi connectivity index (χ2n) is 10.0. The second-order valence-corrected chi connectivity index (χ2v) is 11.9. The highest BCUT2D eigenvalue weighted by Crippen LogP contribution is 2.36. The summed E-state index contributed by atoms with van der Waals surface area (Å²) in [5.41, 5.74) is 4.04. The number of hydrogen-bond acceptors (Lipinski definition) is 7. The van der Waals surface area contributed by atoms with E-state index in [-0.39, 0.29) is 29.5 Å². The van der Waals surface area contributed by atoms with Crippen LogP contribution < -0.4 is 5.32 Å². The molecule has 0 saturated carbocycles. The number of nitrogens with zero attached hydrogens (tertiary/aromatic N) is 5. The SMILES string of the molecule is Cc1cc(Nc2ccc(F)cc2)c(C=N)cc1[C@H]1CN(S(=O)(=O)c2cnn(C)n2)C[C@@H](C)N1CC(C)C. The van der Waals surface area contributed by atoms with Crippen LogP contribution in [0.4, 0.5) is 15.8 Å². The van der Waals surface area contributed by atoms with Crippen LogP contribution in [0.2, 0.25) is 0 Å². The van der Waals surface area contributed by atoms with E-state index in [1.54, 1.807) is 19.2 Å². The third-order valence-corrected chi connectivity index (χ3v) is 8.34. The van der Waals surface area contributed by atoms with Crippen LogP contribution in [0.5, 0.6) is 0 Å². The predicted molar refractivity (Wildman–Crippen MR) is 142 cm³/mol. The molecule has 9 nitrogen and oxygen atoms in total. The summed E-state index contributed by atoms with van der Waals surface area (Å²) in [4.78, 5) is 3.60. The van der Waals surface area contributed by atoms with Gasteiger partial charge in [-0.05, 0) is 67.3 Å². The topological polar surface area (TPSA) is 107 Å². The molecule has 2 N–H and O–H groups in total. The zero-order valence-corrected chi connectivity index (χ0v) is 22.6. The number of sulfonamides is 1. The number of hydrogen-bond donors (Lipinski definition) is 2. The van der Waals surface area contributed by atoms with Gasteiger partial charge in [-0.25, -0.2) is 12.8 Å². The molecule has 1 saturated heterocycles. The van der Waals surface area contributed by atoms with Gasteiger partial charge in [0.2, 0.25) is 5.03 Å². The van der Waals surface area contributed by atoms with Gasteiger partial charge in [0.1, 0.15) is 5.82 Å². The van der Waals surface area contributed by atoms with Crippen molar-refractivity contribution >= 4 is 27.6 Å². The van der Waals surface area contributed by atoms with E-state index in [0.29, 0.717) is 23.7 Å². The highest BCUT2D eigenvalue weighted by Gasteiger charge is 2.40. The van der Waals surface area contributed by atoms with E-state index in [4.69, 9.17) is 5.41 Å². The first-order valence-electron chi connectivity index (χ1n) is 12.3. The first-order chi connectivity index (χ1) is 17.5. The zero-order chi connectivity index (χ0) is 26.9. The molecule has 0 radical (unpaired) electrons. The lowest BCUT2D eigenvalue weighted by Crippen LogP contribution is -2.55. The highest BCUT2D eigenvalue weighted by molar-refractivity contribution is 7.89. The van der Waals surface area contributed by atoms with Gasteiger partial charge in [0.05, 0.1) is 6.20 Å². The van der Waals surface area contributed by atoms with E-state index in [1.807, 2.05) is 26.0 Å². The van der Waals surface area contributed by atoms with Gasteiger partial charge < -0.3 is 10.7 Å². The number of aromatic nitrogens is 3. The molecule has 1 fully saturated rings. The molecule has 4 rings (SSSR count). The summed E-state index contributed by atoms with van der Waals surface area (Å²) in [6.07, 6.45) is 2.56. The maximum Gasteiger partial charge on any atom is 0.264 e. The summed E-state index contributed by atoms with van der Waals surface area (Å²) in [6, 6.07) is 9.73. The van der Waals surface area contributed by atoms with Gasteiger partial charge in [-0.2, -0.15) is 14.2 Å². The van der Waals surface area contributed by atoms with E-state index >= 15 is 0 Å². The molecule has 3 aromatic rings. The van der Waals surface area contributed by atoms with Crippen molar-refractivity contribution in [3.63, 3.8) is 0 Å². The second kappa shape index (κ2) is 10.7. The summed E-state index contributed by atoms with van der Waals surface area (Å²) in [5, 5.41) is 19.3. The van der Waals surface area contributed by atoms with Gasteiger partial charge in [0.15, 0.2) is 0 Å². The van der Waals surface area contributed by atoms with Crippen LogP contribution in [0.15, 0.2) is 47.6 Å². The molecule has 0 aliphatic carbocycles. The summed E-state index contributed by atoms with van der Waals surface area (Å²) < 4.78 is 41.8. The van der Waals surface area contributed by atoms with Crippen molar-refractivity contribution in [2.75, 3.05) is 25.0 Å². The lowest BCUT2D eigenvalue weighted by Gasteiger charge is -2.46. The monoisotopic (exact) mass is 527 g/mol. The molecule has 0 spiro atoms. The first-order valence-corrected chi connectivity index (χ1v) is 13.7. The van der Waals surface area contributed by atoms with E-state index < -0.39 is 10.0 Å². The predicted octanol–water partition coefficient (Wildman–Crippen LogP) is 4.10. The fraction of sp³-hybridized carbons (Fsp3) is 0.423. The summed E-state index contributed by atoms with van der Waals surface area (Å²) in [7, 11) is -2.23. The van der Waals surface area contributed by atoms with E-state index in [1.165, 1.54) is 33.6 Å². The number of aryl methyl sites for hydroxylation is 2. The van der Waals surface area contributed by atoms with Crippen LogP contribution >= 0.6 is 0 Å². The number of piperazine rings is 1. The Labute approximate surface area is 217 Å². The Morgan fingerprint density at radius 2 is 1.92 bits per heavy atom. The minimum atomic E-state index is -3.82. The van der Waals surface area contributed by atoms with E-state index in [2.05, 4.69) is 34.3 Å². The van der Waals surface area contributed by atoms with Gasteiger partial charge in [-0.1, -0.05) is 13.8 Å². The Balaban J connectivity index is 1.73. The number of halogens is 1. The van der Waals surface area contributed by atoms with E-state index in [9.17, 15) is 12.8 Å². The Bertz CT molecular complexity index is 1370. The summed E-state index contributed by atoms with van der Waals surface area (Å²) >= 11 is 0. The third-order valence-electron chi connectivity index (χ3n) is 6.65. The highest BCUT2D eigenvalue weighted by atomic mass is 32.2. The normalized spacial score (nSPS) is 19.3. The maximum absolute atomic E-state index is 13.5. The molecular weight excluding hydrogens is 493 g/mol. The Hall–Kier alpha value is -3.15. The van der Waals surface area contributed by atoms with Gasteiger partial charge in [-0.3, -0.25) is 4.90 Å². The first kappa shape index (κ1) is 26.9. The van der Waals surface area contributed by atoms with E-state index in [0.717, 1.165) is 23.4 Å². The van der Waals surface area contributed by atoms with Crippen LogP contribution in [-0.4, -0.2) is 64.5 Å². The van der Waals surface area contributed by atoms with Crippen molar-refractivity contribution in [1.82, 2.24) is 24.2 Å². The van der Waals surface area contributed by atoms with Gasteiger partial charge in [-0.15, -0.1) is 5.10 Å². The minimum absolute atomic E-state index is 0.0348. The van der Waals surface area contributed by atoms with Crippen molar-refractivity contribution in [1.29, 1.82) is 5.41 Å². The van der Waals surface area contributed by atoms with Crippen molar-refractivity contribution < 1.29 is 12.8 Å². The molecule has 0 unspecified atom stereocenters. The van der Waals surface area contributed by atoms with Crippen LogP contribution in [-0.2, 0) is 17.1 Å². The molecule has 0 bridgehead atoms. The molecule has 2 heterocycles. The van der Waals surface area contributed by atoms with Crippen LogP contribution in [0.1, 0.15) is 43.5 Å². The van der Waals surface area contributed by atoms with Crippen molar-refractivity contribution in [3.8, 4) is 0 Å². The molecule has 0 amide bonds. The molecule has 198 valence electrons. The summed E-state index contributed by atoms with van der Waals surface area (Å²) in [5.74, 6) is 0.0667. The molecule has 37 heavy (non-hydrogen) atoms. The van der Waals surface area contributed by atoms with Crippen molar-refractivity contribution in [2.45, 2.75) is 44.8 Å². The van der Waals surface area contributed by atoms with Gasteiger partial charge in [0.25, 0.3) is 10.0 Å². The van der Waals surface area contributed by atoms with Gasteiger partial charge >= 0.3 is 0 Å². The van der Waals surface area contributed by atoms with Crippen LogP contribution in [0.25, 0.3) is 0 Å². The Kier molecular flexibility index (Phi) is 7.77. The number of anilines is 2. The lowest BCUT2D eigenvalue weighted by molar-refractivity contribution is 0.0558. The van der Waals surface area contributed by atoms with Crippen LogP contribution in [0.3, 0.4) is 0 Å². The molecule has 2 atom stereocenters. The van der Waals surface area contributed by atoms with Gasteiger partial charge in [0, 0.05) is 61.9 Å². The minimum Gasteiger partial charge on any atom is -0.355 e. The largest absolute Gasteiger partial charge is 0.355 e. The maximum atomic E-state index is 13.5. The fourth-order valence-electron chi connectivity index (χ4n) is 4.88. The molecule has 1 aromatic heterocycles. The quantitative estimate of drug-likeness (QED) is 0.427. The standard InChI is InChI=1S/C26H34FN7O2S/c1-17(2)14-34-19(4)15-33(37(35,36)26-13-29-32(5)31-26)16-25(34)23-11-20(12-28)24(10-18(23)3)30-22-8-6-21(27)7-9-22/h6-13,17,19,25,28,30H,14-16H2,1-5H3/t19-,25-/m1/s1. The molecule has 2 aromatic carbocycles. The number of nitrogens with one attached hydrogen (secondary N) is 2. The molecule has 1 aliphatic heterocycles. The van der Waals surface area contributed by atoms with Crippen molar-refractivity contribution in [2.24, 2.45) is 13.0 Å². The number of benzene rings is 2. The average Bonchev–Trinajstić information content (AvgIpc) is 3.29. The third kappa shape index (κ3) is 5.73.